The van der Waals surface area contributed by atoms with Gasteiger partial charge in [0.15, 0.2) is 17.5 Å². The first-order chi connectivity index (χ1) is 15.7. The highest BCUT2D eigenvalue weighted by atomic mass is 79.9. The van der Waals surface area contributed by atoms with E-state index in [1.165, 1.54) is 0 Å². The molecule has 0 aliphatic heterocycles. The maximum Gasteiger partial charge on any atom is 0.164 e. The molecule has 0 unspecified atom stereocenters. The van der Waals surface area contributed by atoms with E-state index in [2.05, 4.69) is 28.1 Å². The van der Waals surface area contributed by atoms with Crippen LogP contribution in [0.25, 0.3) is 45.3 Å². The number of nitrogen functional groups attached to an aromatic ring is 1. The van der Waals surface area contributed by atoms with Crippen LogP contribution in [0.4, 0.5) is 5.69 Å². The van der Waals surface area contributed by atoms with Crippen LogP contribution in [-0.4, -0.2) is 15.0 Å². The molecule has 4 aromatic carbocycles. The lowest BCUT2D eigenvalue weighted by molar-refractivity contribution is 1.07. The molecule has 1 aromatic heterocycles. The van der Waals surface area contributed by atoms with Gasteiger partial charge in [-0.2, -0.15) is 0 Å². The monoisotopic (exact) mass is 478 g/mol. The zero-order valence-electron chi connectivity index (χ0n) is 17.1. The summed E-state index contributed by atoms with van der Waals surface area (Å²) in [7, 11) is 0. The van der Waals surface area contributed by atoms with E-state index >= 15 is 0 Å². The normalized spacial score (nSPS) is 10.8. The number of hydrogen-bond donors (Lipinski definition) is 1. The van der Waals surface area contributed by atoms with E-state index in [9.17, 15) is 0 Å². The number of anilines is 1. The van der Waals surface area contributed by atoms with Crippen LogP contribution in [0.1, 0.15) is 0 Å². The van der Waals surface area contributed by atoms with Crippen molar-refractivity contribution in [1.29, 1.82) is 0 Å². The molecule has 32 heavy (non-hydrogen) atoms. The Morgan fingerprint density at radius 1 is 0.469 bits per heavy atom. The van der Waals surface area contributed by atoms with Crippen molar-refractivity contribution in [2.45, 2.75) is 0 Å². The Bertz CT molecular complexity index is 1310. The molecule has 5 heteroatoms. The maximum absolute atomic E-state index is 5.92. The summed E-state index contributed by atoms with van der Waals surface area (Å²) < 4.78 is 0.886. The zero-order valence-corrected chi connectivity index (χ0v) is 18.7. The van der Waals surface area contributed by atoms with Crippen LogP contribution in [0.15, 0.2) is 108 Å². The summed E-state index contributed by atoms with van der Waals surface area (Å²) in [6.07, 6.45) is 0. The van der Waals surface area contributed by atoms with Crippen molar-refractivity contribution in [2.24, 2.45) is 0 Å². The molecule has 1 heterocycles. The van der Waals surface area contributed by atoms with Crippen LogP contribution in [-0.2, 0) is 0 Å². The lowest BCUT2D eigenvalue weighted by atomic mass is 10.0. The highest BCUT2D eigenvalue weighted by Gasteiger charge is 2.12. The Morgan fingerprint density at radius 2 is 0.875 bits per heavy atom. The summed E-state index contributed by atoms with van der Waals surface area (Å²) in [4.78, 5) is 14.3. The summed E-state index contributed by atoms with van der Waals surface area (Å²) >= 11 is 3.50. The minimum Gasteiger partial charge on any atom is -0.398 e. The molecule has 0 amide bonds. The summed E-state index contributed by atoms with van der Waals surface area (Å²) in [5, 5.41) is 0. The predicted octanol–water partition coefficient (Wildman–Crippen LogP) is 6.88. The molecule has 4 nitrogen and oxygen atoms in total. The van der Waals surface area contributed by atoms with Crippen molar-refractivity contribution in [3.8, 4) is 45.3 Å². The fourth-order valence-electron chi connectivity index (χ4n) is 3.46. The van der Waals surface area contributed by atoms with Crippen LogP contribution < -0.4 is 5.73 Å². The fraction of sp³-hybridized carbons (Fsp3) is 0. The maximum atomic E-state index is 5.92. The minimum absolute atomic E-state index is 0.641. The van der Waals surface area contributed by atoms with E-state index in [-0.39, 0.29) is 0 Å². The van der Waals surface area contributed by atoms with E-state index < -0.39 is 0 Å². The predicted molar refractivity (Wildman–Crippen MR) is 134 cm³/mol. The largest absolute Gasteiger partial charge is 0.398 e. The number of aromatic nitrogens is 3. The van der Waals surface area contributed by atoms with E-state index in [4.69, 9.17) is 20.7 Å². The second kappa shape index (κ2) is 8.73. The quantitative estimate of drug-likeness (QED) is 0.285. The first-order valence-electron chi connectivity index (χ1n) is 10.2. The second-order valence-electron chi connectivity index (χ2n) is 7.35. The Kier molecular flexibility index (Phi) is 5.48. The van der Waals surface area contributed by atoms with Crippen LogP contribution in [0.3, 0.4) is 0 Å². The number of halogens is 1. The van der Waals surface area contributed by atoms with E-state index in [0.29, 0.717) is 17.5 Å². The molecule has 154 valence electrons. The summed E-state index contributed by atoms with van der Waals surface area (Å²) in [5.41, 5.74) is 11.7. The third-order valence-corrected chi connectivity index (χ3v) is 5.86. The second-order valence-corrected chi connectivity index (χ2v) is 8.21. The van der Waals surface area contributed by atoms with Gasteiger partial charge in [0.25, 0.3) is 0 Å². The van der Waals surface area contributed by atoms with E-state index in [0.717, 1.165) is 38.0 Å². The molecule has 0 saturated carbocycles. The lowest BCUT2D eigenvalue weighted by Crippen LogP contribution is -2.00. The Morgan fingerprint density at radius 3 is 1.34 bits per heavy atom. The third-order valence-electron chi connectivity index (χ3n) is 5.18. The van der Waals surface area contributed by atoms with Crippen LogP contribution in [0, 0.1) is 0 Å². The fourth-order valence-corrected chi connectivity index (χ4v) is 3.83. The van der Waals surface area contributed by atoms with E-state index in [1.807, 2.05) is 91.0 Å². The van der Waals surface area contributed by atoms with Gasteiger partial charge in [-0.3, -0.25) is 0 Å². The van der Waals surface area contributed by atoms with Crippen molar-refractivity contribution in [3.05, 3.63) is 108 Å². The lowest BCUT2D eigenvalue weighted by Gasteiger charge is -2.09. The molecule has 0 bridgehead atoms. The van der Waals surface area contributed by atoms with Crippen molar-refractivity contribution >= 4 is 21.6 Å². The van der Waals surface area contributed by atoms with Gasteiger partial charge in [-0.15, -0.1) is 0 Å². The zero-order chi connectivity index (χ0) is 21.9. The van der Waals surface area contributed by atoms with Crippen molar-refractivity contribution in [1.82, 2.24) is 15.0 Å². The van der Waals surface area contributed by atoms with Gasteiger partial charge in [0.2, 0.25) is 0 Å². The molecule has 5 rings (SSSR count). The van der Waals surface area contributed by atoms with Gasteiger partial charge in [-0.25, -0.2) is 15.0 Å². The molecule has 0 fully saturated rings. The molecular weight excluding hydrogens is 460 g/mol. The Hall–Kier alpha value is -3.83. The van der Waals surface area contributed by atoms with Gasteiger partial charge < -0.3 is 5.73 Å². The van der Waals surface area contributed by atoms with Gasteiger partial charge in [0.1, 0.15) is 0 Å². The minimum atomic E-state index is 0.641. The number of nitrogens with zero attached hydrogens (tertiary/aromatic N) is 3. The summed E-state index contributed by atoms with van der Waals surface area (Å²) in [5.74, 6) is 1.95. The topological polar surface area (TPSA) is 64.7 Å². The molecule has 0 spiro atoms. The molecular formula is C27H19BrN4. The Labute approximate surface area is 195 Å². The Balaban J connectivity index is 1.58. The average Bonchev–Trinajstić information content (AvgIpc) is 2.86. The van der Waals surface area contributed by atoms with Gasteiger partial charge in [-0.05, 0) is 39.2 Å². The SMILES string of the molecule is Nc1ccc(-c2ccc(-c3nc(-c4ccccc4)nc(-c4ccccc4)n3)cc2)cc1Br. The molecule has 5 aromatic rings. The highest BCUT2D eigenvalue weighted by Crippen LogP contribution is 2.30. The van der Waals surface area contributed by atoms with Crippen molar-refractivity contribution < 1.29 is 0 Å². The molecule has 0 radical (unpaired) electrons. The van der Waals surface area contributed by atoms with Crippen molar-refractivity contribution in [3.63, 3.8) is 0 Å². The molecule has 0 aliphatic rings. The number of benzene rings is 4. The van der Waals surface area contributed by atoms with E-state index in [1.54, 1.807) is 0 Å². The summed E-state index contributed by atoms with van der Waals surface area (Å²) in [6.45, 7) is 0. The molecule has 0 saturated heterocycles. The van der Waals surface area contributed by atoms with Crippen LogP contribution in [0.5, 0.6) is 0 Å². The molecule has 0 atom stereocenters. The van der Waals surface area contributed by atoms with Crippen LogP contribution in [0.2, 0.25) is 0 Å². The smallest absolute Gasteiger partial charge is 0.164 e. The highest BCUT2D eigenvalue weighted by molar-refractivity contribution is 9.10. The standard InChI is InChI=1S/C27H19BrN4/c28-23-17-22(15-16-24(23)29)18-11-13-21(14-12-18)27-31-25(19-7-3-1-4-8-19)30-26(32-27)20-9-5-2-6-10-20/h1-17H,29H2. The number of rotatable bonds is 4. The van der Waals surface area contributed by atoms with Gasteiger partial charge in [0, 0.05) is 26.9 Å². The van der Waals surface area contributed by atoms with Crippen molar-refractivity contribution in [2.75, 3.05) is 5.73 Å². The first kappa shape index (κ1) is 20.1. The first-order valence-corrected chi connectivity index (χ1v) is 11.0. The number of hydrogen-bond acceptors (Lipinski definition) is 4. The number of nitrogens with two attached hydrogens (primary N) is 1. The molecule has 0 aliphatic carbocycles. The molecule has 2 N–H and O–H groups in total. The summed E-state index contributed by atoms with van der Waals surface area (Å²) in [6, 6.07) is 34.1. The average molecular weight is 479 g/mol. The third kappa shape index (κ3) is 4.15. The van der Waals surface area contributed by atoms with Crippen LogP contribution >= 0.6 is 15.9 Å². The van der Waals surface area contributed by atoms with Gasteiger partial charge in [-0.1, -0.05) is 91.0 Å². The van der Waals surface area contributed by atoms with Gasteiger partial charge >= 0.3 is 0 Å². The van der Waals surface area contributed by atoms with Gasteiger partial charge in [0.05, 0.1) is 0 Å².